The first-order chi connectivity index (χ1) is 14.7. The molecule has 3 aliphatic rings. The van der Waals surface area contributed by atoms with Gasteiger partial charge >= 0.3 is 5.97 Å². The Hall–Kier alpha value is -1.71. The predicted molar refractivity (Wildman–Crippen MR) is 117 cm³/mol. The Labute approximate surface area is 191 Å². The van der Waals surface area contributed by atoms with Crippen LogP contribution in [0.5, 0.6) is 0 Å². The van der Waals surface area contributed by atoms with Gasteiger partial charge in [-0.15, -0.1) is 13.2 Å². The van der Waals surface area contributed by atoms with Gasteiger partial charge in [0.05, 0.1) is 31.2 Å². The van der Waals surface area contributed by atoms with E-state index in [1.807, 2.05) is 13.8 Å². The van der Waals surface area contributed by atoms with Crippen LogP contribution < -0.4 is 0 Å². The lowest BCUT2D eigenvalue weighted by Crippen LogP contribution is -2.58. The Balaban J connectivity index is 2.00. The van der Waals surface area contributed by atoms with Gasteiger partial charge < -0.3 is 24.4 Å². The van der Waals surface area contributed by atoms with Gasteiger partial charge in [0.15, 0.2) is 0 Å². The highest BCUT2D eigenvalue weighted by Gasteiger charge is 2.77. The Morgan fingerprint density at radius 1 is 1.42 bits per heavy atom. The smallest absolute Gasteiger partial charge is 0.312 e. The first-order valence-electron chi connectivity index (χ1n) is 10.7. The van der Waals surface area contributed by atoms with E-state index in [1.54, 1.807) is 17.1 Å². The maximum Gasteiger partial charge on any atom is 0.312 e. The van der Waals surface area contributed by atoms with Crippen LogP contribution >= 0.6 is 15.9 Å². The molecule has 31 heavy (non-hydrogen) atoms. The van der Waals surface area contributed by atoms with Gasteiger partial charge in [0, 0.05) is 24.0 Å². The van der Waals surface area contributed by atoms with Crippen LogP contribution in [0.1, 0.15) is 26.7 Å². The van der Waals surface area contributed by atoms with Crippen LogP contribution in [0.4, 0.5) is 0 Å². The van der Waals surface area contributed by atoms with Crippen molar-refractivity contribution in [1.82, 2.24) is 9.80 Å². The summed E-state index contributed by atoms with van der Waals surface area (Å²) in [6, 6.07) is -1.04. The van der Waals surface area contributed by atoms with E-state index in [9.17, 15) is 19.5 Å². The van der Waals surface area contributed by atoms with E-state index in [4.69, 9.17) is 9.47 Å². The van der Waals surface area contributed by atoms with Crippen LogP contribution in [0.2, 0.25) is 0 Å². The number of aliphatic hydroxyl groups is 1. The molecule has 3 aliphatic heterocycles. The average Bonchev–Trinajstić information content (AvgIpc) is 3.30. The first kappa shape index (κ1) is 23.9. The summed E-state index contributed by atoms with van der Waals surface area (Å²) in [6.45, 7) is 11.3. The number of likely N-dealkylation sites (tertiary alicyclic amines) is 1. The lowest BCUT2D eigenvalue weighted by atomic mass is 9.70. The van der Waals surface area contributed by atoms with Crippen molar-refractivity contribution in [3.8, 4) is 0 Å². The van der Waals surface area contributed by atoms with Gasteiger partial charge in [0.2, 0.25) is 11.8 Å². The van der Waals surface area contributed by atoms with Crippen molar-refractivity contribution in [2.45, 2.75) is 55.3 Å². The number of ether oxygens (including phenoxy) is 2. The van der Waals surface area contributed by atoms with Gasteiger partial charge in [-0.25, -0.2) is 0 Å². The van der Waals surface area contributed by atoms with Crippen LogP contribution in [0.3, 0.4) is 0 Å². The monoisotopic (exact) mass is 498 g/mol. The van der Waals surface area contributed by atoms with Crippen LogP contribution in [0.15, 0.2) is 25.3 Å². The number of hydrogen-bond acceptors (Lipinski definition) is 6. The van der Waals surface area contributed by atoms with Gasteiger partial charge in [-0.05, 0) is 26.7 Å². The molecule has 6 atom stereocenters. The number of nitrogens with zero attached hydrogens (tertiary/aromatic N) is 2. The molecule has 3 unspecified atom stereocenters. The van der Waals surface area contributed by atoms with Gasteiger partial charge in [-0.1, -0.05) is 28.1 Å². The molecule has 0 saturated carbocycles. The largest absolute Gasteiger partial charge is 0.465 e. The second-order valence-corrected chi connectivity index (χ2v) is 9.71. The Kier molecular flexibility index (Phi) is 7.28. The summed E-state index contributed by atoms with van der Waals surface area (Å²) in [7, 11) is 0. The van der Waals surface area contributed by atoms with Crippen molar-refractivity contribution in [3.63, 3.8) is 0 Å². The number of fused-ring (bicyclic) bond motifs is 1. The second-order valence-electron chi connectivity index (χ2n) is 8.54. The highest BCUT2D eigenvalue weighted by atomic mass is 79.9. The van der Waals surface area contributed by atoms with E-state index >= 15 is 0 Å². The van der Waals surface area contributed by atoms with Crippen LogP contribution in [-0.2, 0) is 23.9 Å². The Bertz CT molecular complexity index is 758. The van der Waals surface area contributed by atoms with Crippen LogP contribution in [0, 0.1) is 11.8 Å². The maximum atomic E-state index is 13.7. The zero-order valence-electron chi connectivity index (χ0n) is 18.0. The third-order valence-corrected chi connectivity index (χ3v) is 7.28. The summed E-state index contributed by atoms with van der Waals surface area (Å²) in [5.41, 5.74) is -1.14. The van der Waals surface area contributed by atoms with Crippen molar-refractivity contribution in [3.05, 3.63) is 25.3 Å². The molecule has 3 fully saturated rings. The van der Waals surface area contributed by atoms with Crippen LogP contribution in [0.25, 0.3) is 0 Å². The summed E-state index contributed by atoms with van der Waals surface area (Å²) in [5, 5.41) is 9.61. The fourth-order valence-corrected chi connectivity index (χ4v) is 6.16. The van der Waals surface area contributed by atoms with E-state index in [-0.39, 0.29) is 42.4 Å². The zero-order chi connectivity index (χ0) is 22.9. The molecule has 1 N–H and O–H groups in total. The van der Waals surface area contributed by atoms with Gasteiger partial charge in [0.25, 0.3) is 0 Å². The number of alkyl halides is 1. The molecule has 9 heteroatoms. The number of aliphatic hydroxyl groups excluding tert-OH is 1. The van der Waals surface area contributed by atoms with Gasteiger partial charge in [0.1, 0.15) is 11.6 Å². The van der Waals surface area contributed by atoms with Crippen molar-refractivity contribution in [2.75, 3.05) is 26.3 Å². The van der Waals surface area contributed by atoms with Crippen molar-refractivity contribution < 1.29 is 29.0 Å². The fraction of sp³-hybridized carbons (Fsp3) is 0.682. The summed E-state index contributed by atoms with van der Waals surface area (Å²) >= 11 is 3.60. The van der Waals surface area contributed by atoms with Crippen molar-refractivity contribution in [2.24, 2.45) is 11.8 Å². The molecule has 3 rings (SSSR count). The number of rotatable bonds is 10. The van der Waals surface area contributed by atoms with E-state index in [1.165, 1.54) is 4.90 Å². The topological polar surface area (TPSA) is 96.4 Å². The second kappa shape index (κ2) is 9.42. The summed E-state index contributed by atoms with van der Waals surface area (Å²) < 4.78 is 11.7. The molecule has 2 amide bonds. The molecule has 0 aliphatic carbocycles. The fourth-order valence-electron chi connectivity index (χ4n) is 5.22. The number of halogens is 1. The highest BCUT2D eigenvalue weighted by molar-refractivity contribution is 9.09. The normalized spacial score (nSPS) is 33.5. The highest BCUT2D eigenvalue weighted by Crippen LogP contribution is 2.60. The molecular weight excluding hydrogens is 468 g/mol. The number of esters is 1. The third kappa shape index (κ3) is 3.85. The minimum atomic E-state index is -1.14. The average molecular weight is 499 g/mol. The summed E-state index contributed by atoms with van der Waals surface area (Å²) in [6.07, 6.45) is 3.67. The molecule has 2 bridgehead atoms. The first-order valence-corrected chi connectivity index (χ1v) is 11.6. The standard InChI is InChI=1S/C22H31BrN2O6/c1-5-7-11-30-21(29)15-16-19(27)25(9-10-26)18(20(28)24(8-6-2)13(3)4)22(16)12-14(23)17(15)31-22/h5-6,13-18,26H,1-2,7-12H2,3-4H3/t14?,15-,16+,17-,18?,22?/m1/s1. The van der Waals surface area contributed by atoms with Gasteiger partial charge in [-0.3, -0.25) is 14.4 Å². The van der Waals surface area contributed by atoms with Crippen molar-refractivity contribution >= 4 is 33.7 Å². The maximum absolute atomic E-state index is 13.7. The molecule has 8 nitrogen and oxygen atoms in total. The molecular formula is C22H31BrN2O6. The number of carbonyl (C=O) groups is 3. The predicted octanol–water partition coefficient (Wildman–Crippen LogP) is 1.27. The molecule has 0 aromatic heterocycles. The molecule has 0 aromatic carbocycles. The number of β-amino-alcohol motifs (C(OH)–C–C–N with tert-alkyl or cyclic N) is 1. The molecule has 3 saturated heterocycles. The minimum absolute atomic E-state index is 0.00722. The Morgan fingerprint density at radius 3 is 2.71 bits per heavy atom. The number of amides is 2. The van der Waals surface area contributed by atoms with Gasteiger partial charge in [-0.2, -0.15) is 0 Å². The number of hydrogen-bond donors (Lipinski definition) is 1. The third-order valence-electron chi connectivity index (χ3n) is 6.43. The summed E-state index contributed by atoms with van der Waals surface area (Å²) in [5.74, 6) is -2.73. The van der Waals surface area contributed by atoms with E-state index < -0.39 is 35.6 Å². The van der Waals surface area contributed by atoms with E-state index in [0.717, 1.165) is 0 Å². The Morgan fingerprint density at radius 2 is 2.13 bits per heavy atom. The lowest BCUT2D eigenvalue weighted by Gasteiger charge is -2.38. The molecule has 0 radical (unpaired) electrons. The molecule has 1 spiro atoms. The molecule has 3 heterocycles. The quantitative estimate of drug-likeness (QED) is 0.211. The summed E-state index contributed by atoms with van der Waals surface area (Å²) in [4.78, 5) is 43.0. The number of carbonyl (C=O) groups excluding carboxylic acids is 3. The van der Waals surface area contributed by atoms with Crippen molar-refractivity contribution in [1.29, 1.82) is 0 Å². The molecule has 0 aromatic rings. The SMILES string of the molecule is C=CCCOC(=O)[C@H]1[C@@H]2OC3(CC2Br)C(C(=O)N(CC=C)C(C)C)N(CCO)C(=O)[C@H]13. The zero-order valence-corrected chi connectivity index (χ0v) is 19.6. The van der Waals surface area contributed by atoms with E-state index in [2.05, 4.69) is 29.1 Å². The lowest BCUT2D eigenvalue weighted by molar-refractivity contribution is -0.155. The van der Waals surface area contributed by atoms with E-state index in [0.29, 0.717) is 19.4 Å². The van der Waals surface area contributed by atoms with Crippen LogP contribution in [-0.4, -0.2) is 87.6 Å². The minimum Gasteiger partial charge on any atom is -0.465 e. The molecule has 172 valence electrons.